The van der Waals surface area contributed by atoms with E-state index in [1.54, 1.807) is 0 Å². The number of hydrogen-bond donors (Lipinski definition) is 0. The number of nitrogens with zero attached hydrogens (tertiary/aromatic N) is 1. The van der Waals surface area contributed by atoms with Crippen molar-refractivity contribution in [3.8, 4) is 0 Å². The zero-order valence-electron chi connectivity index (χ0n) is 7.53. The molecule has 0 aliphatic heterocycles. The Morgan fingerprint density at radius 2 is 2.31 bits per heavy atom. The topological polar surface area (TPSA) is 20.3 Å². The van der Waals surface area contributed by atoms with Crippen LogP contribution in [0.3, 0.4) is 0 Å². The number of carbonyl (C=O) groups is 1. The second kappa shape index (κ2) is 5.14. The quantitative estimate of drug-likeness (QED) is 0.753. The third-order valence-corrected chi connectivity index (χ3v) is 2.22. The summed E-state index contributed by atoms with van der Waals surface area (Å²) < 4.78 is 1.07. The lowest BCUT2D eigenvalue weighted by molar-refractivity contribution is -0.108. The molecule has 1 aromatic carbocycles. The molecule has 0 heterocycles. The largest absolute Gasteiger partial charge is 0.302 e. The van der Waals surface area contributed by atoms with E-state index in [9.17, 15) is 4.79 Å². The lowest BCUT2D eigenvalue weighted by Crippen LogP contribution is -2.19. The molecule has 0 atom stereocenters. The van der Waals surface area contributed by atoms with E-state index in [0.717, 1.165) is 17.3 Å². The second-order valence-corrected chi connectivity index (χ2v) is 3.91. The van der Waals surface area contributed by atoms with Crippen LogP contribution in [0.4, 0.5) is 0 Å². The van der Waals surface area contributed by atoms with Crippen LogP contribution < -0.4 is 0 Å². The maximum atomic E-state index is 10.2. The first kappa shape index (κ1) is 10.4. The molecule has 1 aromatic rings. The van der Waals surface area contributed by atoms with Gasteiger partial charge >= 0.3 is 0 Å². The molecule has 0 saturated heterocycles. The van der Waals surface area contributed by atoms with E-state index in [4.69, 9.17) is 0 Å². The summed E-state index contributed by atoms with van der Waals surface area (Å²) in [5, 5.41) is 0. The minimum absolute atomic E-state index is 0.479. The molecular weight excluding hydrogens is 230 g/mol. The summed E-state index contributed by atoms with van der Waals surface area (Å²) in [4.78, 5) is 12.2. The lowest BCUT2D eigenvalue weighted by atomic mass is 10.2. The summed E-state index contributed by atoms with van der Waals surface area (Å²) in [6, 6.07) is 8.09. The molecule has 0 unspecified atom stereocenters. The van der Waals surface area contributed by atoms with Gasteiger partial charge < -0.3 is 4.79 Å². The number of hydrogen-bond acceptors (Lipinski definition) is 2. The summed E-state index contributed by atoms with van der Waals surface area (Å²) in [5.74, 6) is 0. The molecule has 3 heteroatoms. The van der Waals surface area contributed by atoms with Crippen LogP contribution in [0.15, 0.2) is 28.7 Å². The summed E-state index contributed by atoms with van der Waals surface area (Å²) in [5.41, 5.74) is 1.21. The zero-order chi connectivity index (χ0) is 9.68. The first-order valence-corrected chi connectivity index (χ1v) is 4.88. The summed E-state index contributed by atoms with van der Waals surface area (Å²) in [7, 11) is 1.93. The summed E-state index contributed by atoms with van der Waals surface area (Å²) in [6.07, 6.45) is 0.915. The monoisotopic (exact) mass is 241 g/mol. The fourth-order valence-corrected chi connectivity index (χ4v) is 1.59. The van der Waals surface area contributed by atoms with Gasteiger partial charge in [-0.1, -0.05) is 28.1 Å². The van der Waals surface area contributed by atoms with Gasteiger partial charge in [-0.25, -0.2) is 0 Å². The first-order chi connectivity index (χ1) is 6.22. The maximum absolute atomic E-state index is 10.2. The molecule has 2 nitrogen and oxygen atoms in total. The van der Waals surface area contributed by atoms with Gasteiger partial charge in [-0.2, -0.15) is 0 Å². The van der Waals surface area contributed by atoms with Crippen molar-refractivity contribution in [3.05, 3.63) is 34.3 Å². The van der Waals surface area contributed by atoms with Gasteiger partial charge in [0.25, 0.3) is 0 Å². The Hall–Kier alpha value is -0.670. The highest BCUT2D eigenvalue weighted by molar-refractivity contribution is 9.10. The van der Waals surface area contributed by atoms with E-state index in [0.29, 0.717) is 6.54 Å². The van der Waals surface area contributed by atoms with Gasteiger partial charge in [0.1, 0.15) is 6.29 Å². The van der Waals surface area contributed by atoms with Crippen LogP contribution in [0.25, 0.3) is 0 Å². The number of carbonyl (C=O) groups excluding carboxylic acids is 1. The average Bonchev–Trinajstić information content (AvgIpc) is 2.04. The molecule has 13 heavy (non-hydrogen) atoms. The van der Waals surface area contributed by atoms with Gasteiger partial charge in [0, 0.05) is 11.0 Å². The third-order valence-electron chi connectivity index (χ3n) is 1.73. The van der Waals surface area contributed by atoms with Crippen LogP contribution in [0.1, 0.15) is 5.56 Å². The number of benzene rings is 1. The van der Waals surface area contributed by atoms with E-state index < -0.39 is 0 Å². The smallest absolute Gasteiger partial charge is 0.133 e. The van der Waals surface area contributed by atoms with E-state index in [1.165, 1.54) is 5.56 Å². The predicted molar refractivity (Wildman–Crippen MR) is 56.5 cm³/mol. The van der Waals surface area contributed by atoms with Crippen LogP contribution in [0, 0.1) is 0 Å². The fourth-order valence-electron chi connectivity index (χ4n) is 1.14. The number of rotatable bonds is 4. The van der Waals surface area contributed by atoms with Crippen molar-refractivity contribution in [2.45, 2.75) is 6.54 Å². The van der Waals surface area contributed by atoms with E-state index >= 15 is 0 Å². The first-order valence-electron chi connectivity index (χ1n) is 4.09. The Kier molecular flexibility index (Phi) is 4.12. The molecule has 0 aromatic heterocycles. The van der Waals surface area contributed by atoms with Gasteiger partial charge in [-0.05, 0) is 24.7 Å². The number of aldehydes is 1. The van der Waals surface area contributed by atoms with E-state index in [1.807, 2.05) is 30.1 Å². The molecule has 1 rings (SSSR count). The Labute approximate surface area is 86.7 Å². The Morgan fingerprint density at radius 1 is 1.54 bits per heavy atom. The molecule has 70 valence electrons. The Balaban J connectivity index is 2.58. The highest BCUT2D eigenvalue weighted by Gasteiger charge is 1.98. The molecule has 0 amide bonds. The van der Waals surface area contributed by atoms with Crippen LogP contribution >= 0.6 is 15.9 Å². The van der Waals surface area contributed by atoms with E-state index in [2.05, 4.69) is 22.0 Å². The van der Waals surface area contributed by atoms with Gasteiger partial charge in [0.15, 0.2) is 0 Å². The molecule has 0 aliphatic rings. The normalized spacial score (nSPS) is 10.4. The van der Waals surface area contributed by atoms with Crippen molar-refractivity contribution in [1.29, 1.82) is 0 Å². The lowest BCUT2D eigenvalue weighted by Gasteiger charge is -2.12. The minimum atomic E-state index is 0.479. The average molecular weight is 242 g/mol. The molecule has 0 bridgehead atoms. The standard InChI is InChI=1S/C10H12BrNO/c1-12(5-6-13)8-9-3-2-4-10(11)7-9/h2-4,6-7H,5,8H2,1H3. The maximum Gasteiger partial charge on any atom is 0.133 e. The highest BCUT2D eigenvalue weighted by Crippen LogP contribution is 2.12. The molecule has 0 spiro atoms. The third kappa shape index (κ3) is 3.70. The van der Waals surface area contributed by atoms with Crippen molar-refractivity contribution in [2.75, 3.05) is 13.6 Å². The highest BCUT2D eigenvalue weighted by atomic mass is 79.9. The Bertz CT molecular complexity index is 288. The SMILES string of the molecule is CN(CC=O)Cc1cccc(Br)c1. The van der Waals surface area contributed by atoms with Crippen LogP contribution in [-0.2, 0) is 11.3 Å². The number of likely N-dealkylation sites (N-methyl/N-ethyl adjacent to an activating group) is 1. The van der Waals surface area contributed by atoms with Gasteiger partial charge in [0.2, 0.25) is 0 Å². The molecule has 0 aliphatic carbocycles. The predicted octanol–water partition coefficient (Wildman–Crippen LogP) is 2.08. The summed E-state index contributed by atoms with van der Waals surface area (Å²) >= 11 is 3.40. The van der Waals surface area contributed by atoms with Crippen molar-refractivity contribution in [3.63, 3.8) is 0 Å². The van der Waals surface area contributed by atoms with Crippen LogP contribution in [0.5, 0.6) is 0 Å². The molecule has 0 saturated carbocycles. The van der Waals surface area contributed by atoms with E-state index in [-0.39, 0.29) is 0 Å². The van der Waals surface area contributed by atoms with Crippen molar-refractivity contribution >= 4 is 22.2 Å². The molecular formula is C10H12BrNO. The second-order valence-electron chi connectivity index (χ2n) is 2.99. The van der Waals surface area contributed by atoms with Crippen LogP contribution in [0.2, 0.25) is 0 Å². The number of halogens is 1. The minimum Gasteiger partial charge on any atom is -0.302 e. The van der Waals surface area contributed by atoms with Gasteiger partial charge in [0.05, 0.1) is 6.54 Å². The Morgan fingerprint density at radius 3 is 2.92 bits per heavy atom. The molecule has 0 radical (unpaired) electrons. The van der Waals surface area contributed by atoms with Crippen molar-refractivity contribution in [2.24, 2.45) is 0 Å². The van der Waals surface area contributed by atoms with Crippen LogP contribution in [-0.4, -0.2) is 24.8 Å². The van der Waals surface area contributed by atoms with Crippen molar-refractivity contribution in [1.82, 2.24) is 4.90 Å². The zero-order valence-corrected chi connectivity index (χ0v) is 9.12. The fraction of sp³-hybridized carbons (Fsp3) is 0.300. The molecule has 0 fully saturated rings. The van der Waals surface area contributed by atoms with Gasteiger partial charge in [-0.15, -0.1) is 0 Å². The summed E-state index contributed by atoms with van der Waals surface area (Å²) in [6.45, 7) is 1.28. The molecule has 0 N–H and O–H groups in total. The van der Waals surface area contributed by atoms with Crippen molar-refractivity contribution < 1.29 is 4.79 Å². The van der Waals surface area contributed by atoms with Gasteiger partial charge in [-0.3, -0.25) is 4.90 Å².